The highest BCUT2D eigenvalue weighted by molar-refractivity contribution is 9.10. The zero-order chi connectivity index (χ0) is 27.8. The number of alkyl halides is 3. The van der Waals surface area contributed by atoms with Crippen LogP contribution in [0.5, 0.6) is 5.88 Å². The summed E-state index contributed by atoms with van der Waals surface area (Å²) >= 11 is 9.63. The summed E-state index contributed by atoms with van der Waals surface area (Å²) in [5, 5.41) is 10.5. The highest BCUT2D eigenvalue weighted by atomic mass is 79.9. The molecule has 0 saturated heterocycles. The van der Waals surface area contributed by atoms with E-state index in [1.165, 1.54) is 22.9 Å². The molecule has 0 radical (unpaired) electrons. The first-order valence-corrected chi connectivity index (χ1v) is 12.2. The van der Waals surface area contributed by atoms with Crippen LogP contribution < -0.4 is 10.3 Å². The molecular weight excluding hydrogens is 591 g/mol. The van der Waals surface area contributed by atoms with Gasteiger partial charge in [0, 0.05) is 11.8 Å². The van der Waals surface area contributed by atoms with Crippen molar-refractivity contribution < 1.29 is 23.0 Å². The number of hydrogen-bond donors (Lipinski definition) is 1. The quantitative estimate of drug-likeness (QED) is 0.302. The van der Waals surface area contributed by atoms with Crippen molar-refractivity contribution in [1.29, 1.82) is 0 Å². The number of pyridine rings is 1. The van der Waals surface area contributed by atoms with Gasteiger partial charge in [0.2, 0.25) is 5.88 Å². The van der Waals surface area contributed by atoms with Gasteiger partial charge in [-0.15, -0.1) is 0 Å². The van der Waals surface area contributed by atoms with Crippen LogP contribution in [0, 0.1) is 6.92 Å². The van der Waals surface area contributed by atoms with E-state index in [2.05, 4.69) is 35.9 Å². The van der Waals surface area contributed by atoms with Crippen molar-refractivity contribution in [1.82, 2.24) is 24.5 Å². The molecule has 0 atom stereocenters. The molecule has 0 aliphatic rings. The first-order chi connectivity index (χ1) is 17.8. The Labute approximate surface area is 228 Å². The summed E-state index contributed by atoms with van der Waals surface area (Å²) in [6.07, 6.45) is -3.08. The molecule has 0 aliphatic carbocycles. The number of hydrogen-bond acceptors (Lipinski definition) is 7. The second-order valence-corrected chi connectivity index (χ2v) is 9.91. The fourth-order valence-corrected chi connectivity index (χ4v) is 4.06. The molecule has 38 heavy (non-hydrogen) atoms. The second kappa shape index (κ2) is 10.4. The first kappa shape index (κ1) is 27.7. The number of nitrogens with zero attached hydrogens (tertiary/aromatic N) is 5. The molecule has 0 amide bonds. The van der Waals surface area contributed by atoms with E-state index < -0.39 is 23.0 Å². The Hall–Kier alpha value is -3.35. The van der Waals surface area contributed by atoms with E-state index in [1.54, 1.807) is 45.0 Å². The second-order valence-electron chi connectivity index (χ2n) is 8.71. The van der Waals surface area contributed by atoms with Crippen LogP contribution in [0.4, 0.5) is 13.2 Å². The third kappa shape index (κ3) is 5.87. The predicted octanol–water partition coefficient (Wildman–Crippen LogP) is 5.63. The lowest BCUT2D eigenvalue weighted by Crippen LogP contribution is -2.24. The van der Waals surface area contributed by atoms with Crippen LogP contribution in [0.25, 0.3) is 16.9 Å². The van der Waals surface area contributed by atoms with Crippen molar-refractivity contribution in [3.8, 4) is 22.8 Å². The van der Waals surface area contributed by atoms with Gasteiger partial charge in [0.15, 0.2) is 5.82 Å². The van der Waals surface area contributed by atoms with Crippen LogP contribution >= 0.6 is 27.5 Å². The molecule has 1 N–H and O–H groups in total. The summed E-state index contributed by atoms with van der Waals surface area (Å²) in [5.74, 6) is 0.325. The third-order valence-corrected chi connectivity index (χ3v) is 6.30. The topological polar surface area (TPSA) is 103 Å². The highest BCUT2D eigenvalue weighted by Gasteiger charge is 2.32. The van der Waals surface area contributed by atoms with Crippen molar-refractivity contribution >= 4 is 27.5 Å². The van der Waals surface area contributed by atoms with Crippen LogP contribution in [0.1, 0.15) is 36.9 Å². The van der Waals surface area contributed by atoms with Gasteiger partial charge in [-0.2, -0.15) is 18.2 Å². The van der Waals surface area contributed by atoms with E-state index in [4.69, 9.17) is 16.3 Å². The van der Waals surface area contributed by atoms with E-state index >= 15 is 0 Å². The molecule has 3 aromatic heterocycles. The summed E-state index contributed by atoms with van der Waals surface area (Å²) < 4.78 is 45.6. The van der Waals surface area contributed by atoms with Gasteiger partial charge in [-0.05, 0) is 67.0 Å². The first-order valence-electron chi connectivity index (χ1n) is 11.1. The molecule has 0 aliphatic heterocycles. The fraction of sp³-hybridized carbons (Fsp3) is 0.240. The molecule has 198 valence electrons. The summed E-state index contributed by atoms with van der Waals surface area (Å²) in [4.78, 5) is 29.7. The number of ether oxygens (including phenoxy) is 1. The molecule has 0 fully saturated rings. The molecule has 0 unspecified atom stereocenters. The van der Waals surface area contributed by atoms with E-state index in [0.717, 1.165) is 6.07 Å². The smallest absolute Gasteiger partial charge is 0.433 e. The van der Waals surface area contributed by atoms with Gasteiger partial charge in [-0.1, -0.05) is 23.7 Å². The van der Waals surface area contributed by atoms with Gasteiger partial charge in [0.25, 0.3) is 5.56 Å². The van der Waals surface area contributed by atoms with Gasteiger partial charge in [-0.3, -0.25) is 9.36 Å². The monoisotopic (exact) mass is 609 g/mol. The number of halogens is 5. The zero-order valence-electron chi connectivity index (χ0n) is 20.2. The highest BCUT2D eigenvalue weighted by Crippen LogP contribution is 2.30. The Balaban J connectivity index is 1.69. The summed E-state index contributed by atoms with van der Waals surface area (Å²) in [7, 11) is 0. The maximum atomic E-state index is 13.3. The molecule has 3 heterocycles. The maximum Gasteiger partial charge on any atom is 0.433 e. The lowest BCUT2D eigenvalue weighted by Gasteiger charge is -2.17. The van der Waals surface area contributed by atoms with Gasteiger partial charge in [-0.25, -0.2) is 15.0 Å². The predicted molar refractivity (Wildman–Crippen MR) is 137 cm³/mol. The third-order valence-electron chi connectivity index (χ3n) is 5.31. The molecule has 1 aromatic carbocycles. The standard InChI is InChI=1S/C25H20BrClF3N5O3/c1-13-32-21(38-12-15-5-4-6-19(33-15)25(28,29)30)20(26)22(36)35(13)18-11-14(7-8-16(18)27)17-9-10-31-23(34-17)24(2,3)37/h4-11,37H,12H2,1-3H3. The molecular formula is C25H20BrClF3N5O3. The van der Waals surface area contributed by atoms with Gasteiger partial charge in [0.05, 0.1) is 22.1 Å². The summed E-state index contributed by atoms with van der Waals surface area (Å²) in [5.41, 5.74) is -1.42. The van der Waals surface area contributed by atoms with Crippen molar-refractivity contribution in [2.24, 2.45) is 0 Å². The molecule has 4 rings (SSSR count). The SMILES string of the molecule is Cc1nc(OCc2cccc(C(F)(F)F)n2)c(Br)c(=O)n1-c1cc(-c2ccnc(C(C)(C)O)n2)ccc1Cl. The largest absolute Gasteiger partial charge is 0.470 e. The Morgan fingerprint density at radius 3 is 2.53 bits per heavy atom. The van der Waals surface area contributed by atoms with E-state index in [0.29, 0.717) is 16.9 Å². The normalized spacial score (nSPS) is 12.0. The number of aryl methyl sites for hydroxylation is 1. The average molecular weight is 611 g/mol. The average Bonchev–Trinajstić information content (AvgIpc) is 2.86. The molecule has 13 heteroatoms. The van der Waals surface area contributed by atoms with Crippen LogP contribution in [0.3, 0.4) is 0 Å². The molecule has 0 bridgehead atoms. The van der Waals surface area contributed by atoms with Gasteiger partial charge < -0.3 is 9.84 Å². The Morgan fingerprint density at radius 1 is 1.11 bits per heavy atom. The lowest BCUT2D eigenvalue weighted by molar-refractivity contribution is -0.141. The van der Waals surface area contributed by atoms with Gasteiger partial charge in [0.1, 0.15) is 28.2 Å². The maximum absolute atomic E-state index is 13.3. The minimum Gasteiger partial charge on any atom is -0.470 e. The van der Waals surface area contributed by atoms with E-state index in [1.807, 2.05) is 0 Å². The Morgan fingerprint density at radius 2 is 1.84 bits per heavy atom. The molecule has 4 aromatic rings. The van der Waals surface area contributed by atoms with Crippen molar-refractivity contribution in [2.45, 2.75) is 39.2 Å². The minimum absolute atomic E-state index is 0.0152. The zero-order valence-corrected chi connectivity index (χ0v) is 22.6. The van der Waals surface area contributed by atoms with Crippen LogP contribution in [0.2, 0.25) is 5.02 Å². The fourth-order valence-electron chi connectivity index (χ4n) is 3.48. The molecule has 0 spiro atoms. The van der Waals surface area contributed by atoms with E-state index in [-0.39, 0.29) is 39.3 Å². The number of aromatic nitrogens is 5. The molecule has 0 saturated carbocycles. The summed E-state index contributed by atoms with van der Waals surface area (Å²) in [6, 6.07) is 10.1. The van der Waals surface area contributed by atoms with Crippen molar-refractivity contribution in [2.75, 3.05) is 0 Å². The van der Waals surface area contributed by atoms with Crippen LogP contribution in [0.15, 0.2) is 57.9 Å². The molecule has 8 nitrogen and oxygen atoms in total. The Bertz CT molecular complexity index is 1570. The van der Waals surface area contributed by atoms with Crippen LogP contribution in [-0.4, -0.2) is 29.6 Å². The lowest BCUT2D eigenvalue weighted by atomic mass is 10.1. The van der Waals surface area contributed by atoms with Crippen molar-refractivity contribution in [3.63, 3.8) is 0 Å². The Kier molecular flexibility index (Phi) is 7.60. The van der Waals surface area contributed by atoms with E-state index in [9.17, 15) is 23.1 Å². The number of benzene rings is 1. The summed E-state index contributed by atoms with van der Waals surface area (Å²) in [6.45, 7) is 4.35. The number of rotatable bonds is 6. The van der Waals surface area contributed by atoms with Crippen LogP contribution in [-0.2, 0) is 18.4 Å². The number of aliphatic hydroxyl groups is 1. The van der Waals surface area contributed by atoms with Crippen molar-refractivity contribution in [3.05, 3.63) is 91.5 Å². The minimum atomic E-state index is -4.60. The van der Waals surface area contributed by atoms with Gasteiger partial charge >= 0.3 is 6.18 Å².